The minimum Gasteiger partial charge on any atom is -0.303 e. The van der Waals surface area contributed by atoms with Crippen LogP contribution in [0.25, 0.3) is 0 Å². The van der Waals surface area contributed by atoms with Crippen LogP contribution in [0.5, 0.6) is 0 Å². The number of benzene rings is 1. The fourth-order valence-electron chi connectivity index (χ4n) is 2.54. The van der Waals surface area contributed by atoms with E-state index in [0.29, 0.717) is 6.54 Å². The van der Waals surface area contributed by atoms with E-state index in [1.807, 2.05) is 0 Å². The minimum absolute atomic E-state index is 0.151. The first kappa shape index (κ1) is 16.7. The summed E-state index contributed by atoms with van der Waals surface area (Å²) in [5.41, 5.74) is 0. The SMILES string of the molecule is CC1CCN(CCCNS(=O)(=O)c2ccccc2Cl)CC1. The number of piperidine rings is 1. The van der Waals surface area contributed by atoms with Gasteiger partial charge in [-0.2, -0.15) is 0 Å². The van der Waals surface area contributed by atoms with Crippen LogP contribution in [0.2, 0.25) is 5.02 Å². The van der Waals surface area contributed by atoms with Crippen LogP contribution in [0.4, 0.5) is 0 Å². The predicted molar refractivity (Wildman–Crippen MR) is 86.1 cm³/mol. The second kappa shape index (κ2) is 7.58. The van der Waals surface area contributed by atoms with Gasteiger partial charge >= 0.3 is 0 Å². The van der Waals surface area contributed by atoms with Crippen molar-refractivity contribution >= 4 is 21.6 Å². The molecule has 1 heterocycles. The zero-order valence-electron chi connectivity index (χ0n) is 12.4. The first-order chi connectivity index (χ1) is 9.99. The van der Waals surface area contributed by atoms with E-state index in [1.165, 1.54) is 18.9 Å². The van der Waals surface area contributed by atoms with Gasteiger partial charge in [-0.15, -0.1) is 0 Å². The molecule has 0 saturated carbocycles. The second-order valence-corrected chi connectivity index (χ2v) is 7.85. The Kier molecular flexibility index (Phi) is 6.05. The molecule has 118 valence electrons. The molecule has 1 aromatic rings. The van der Waals surface area contributed by atoms with Gasteiger partial charge in [-0.05, 0) is 56.9 Å². The highest BCUT2D eigenvalue weighted by Gasteiger charge is 2.18. The average molecular weight is 331 g/mol. The highest BCUT2D eigenvalue weighted by atomic mass is 35.5. The fraction of sp³-hybridized carbons (Fsp3) is 0.600. The van der Waals surface area contributed by atoms with Crippen molar-refractivity contribution in [2.24, 2.45) is 5.92 Å². The summed E-state index contributed by atoms with van der Waals surface area (Å²) in [6.07, 6.45) is 3.30. The van der Waals surface area contributed by atoms with Gasteiger partial charge in [0.25, 0.3) is 0 Å². The maximum absolute atomic E-state index is 12.1. The number of sulfonamides is 1. The molecule has 0 atom stereocenters. The molecule has 1 N–H and O–H groups in total. The Bertz CT molecular complexity index is 555. The molecule has 6 heteroatoms. The van der Waals surface area contributed by atoms with Gasteiger partial charge in [0.2, 0.25) is 10.0 Å². The summed E-state index contributed by atoms with van der Waals surface area (Å²) in [7, 11) is -3.50. The largest absolute Gasteiger partial charge is 0.303 e. The molecule has 21 heavy (non-hydrogen) atoms. The Balaban J connectivity index is 1.77. The molecule has 1 fully saturated rings. The van der Waals surface area contributed by atoms with E-state index in [-0.39, 0.29) is 9.92 Å². The van der Waals surface area contributed by atoms with Crippen molar-refractivity contribution in [2.45, 2.75) is 31.1 Å². The Hall–Kier alpha value is -0.620. The lowest BCUT2D eigenvalue weighted by Crippen LogP contribution is -2.35. The van der Waals surface area contributed by atoms with E-state index in [4.69, 9.17) is 11.6 Å². The van der Waals surface area contributed by atoms with Gasteiger partial charge in [0, 0.05) is 6.54 Å². The lowest BCUT2D eigenvalue weighted by atomic mass is 9.99. The molecular formula is C15H23ClN2O2S. The normalized spacial score (nSPS) is 18.0. The lowest BCUT2D eigenvalue weighted by Gasteiger charge is -2.30. The molecule has 2 rings (SSSR count). The summed E-state index contributed by atoms with van der Waals surface area (Å²) >= 11 is 5.93. The summed E-state index contributed by atoms with van der Waals surface area (Å²) in [5, 5.41) is 0.259. The van der Waals surface area contributed by atoms with Gasteiger partial charge in [-0.1, -0.05) is 30.7 Å². The first-order valence-electron chi connectivity index (χ1n) is 7.45. The molecule has 4 nitrogen and oxygen atoms in total. The van der Waals surface area contributed by atoms with Crippen molar-refractivity contribution in [1.82, 2.24) is 9.62 Å². The zero-order chi connectivity index (χ0) is 15.3. The minimum atomic E-state index is -3.50. The zero-order valence-corrected chi connectivity index (χ0v) is 14.0. The highest BCUT2D eigenvalue weighted by molar-refractivity contribution is 7.89. The van der Waals surface area contributed by atoms with Crippen LogP contribution in [0.15, 0.2) is 29.2 Å². The predicted octanol–water partition coefficient (Wildman–Crippen LogP) is 2.74. The summed E-state index contributed by atoms with van der Waals surface area (Å²) < 4.78 is 26.9. The molecule has 0 amide bonds. The highest BCUT2D eigenvalue weighted by Crippen LogP contribution is 2.20. The third-order valence-electron chi connectivity index (χ3n) is 3.95. The van der Waals surface area contributed by atoms with Gasteiger partial charge in [-0.25, -0.2) is 13.1 Å². The van der Waals surface area contributed by atoms with Crippen molar-refractivity contribution < 1.29 is 8.42 Å². The van der Waals surface area contributed by atoms with E-state index < -0.39 is 10.0 Å². The molecule has 0 aromatic heterocycles. The number of likely N-dealkylation sites (tertiary alicyclic amines) is 1. The first-order valence-corrected chi connectivity index (χ1v) is 9.32. The Morgan fingerprint density at radius 2 is 1.95 bits per heavy atom. The third-order valence-corrected chi connectivity index (χ3v) is 5.91. The van der Waals surface area contributed by atoms with Crippen LogP contribution in [0.3, 0.4) is 0 Å². The van der Waals surface area contributed by atoms with Gasteiger partial charge < -0.3 is 4.90 Å². The topological polar surface area (TPSA) is 49.4 Å². The number of rotatable bonds is 6. The third kappa shape index (κ3) is 4.95. The summed E-state index contributed by atoms with van der Waals surface area (Å²) in [5.74, 6) is 0.819. The number of hydrogen-bond donors (Lipinski definition) is 1. The van der Waals surface area contributed by atoms with Crippen molar-refractivity contribution in [2.75, 3.05) is 26.2 Å². The van der Waals surface area contributed by atoms with Crippen molar-refractivity contribution in [3.8, 4) is 0 Å². The van der Waals surface area contributed by atoms with Crippen LogP contribution in [-0.2, 0) is 10.0 Å². The molecule has 0 bridgehead atoms. The molecule has 0 aliphatic carbocycles. The van der Waals surface area contributed by atoms with E-state index in [0.717, 1.165) is 32.0 Å². The summed E-state index contributed by atoms with van der Waals surface area (Å²) in [6.45, 7) is 5.92. The fourth-order valence-corrected chi connectivity index (χ4v) is 4.13. The smallest absolute Gasteiger partial charge is 0.242 e. The van der Waals surface area contributed by atoms with E-state index in [1.54, 1.807) is 18.2 Å². The lowest BCUT2D eigenvalue weighted by molar-refractivity contribution is 0.191. The number of nitrogens with one attached hydrogen (secondary N) is 1. The maximum Gasteiger partial charge on any atom is 0.242 e. The van der Waals surface area contributed by atoms with Crippen LogP contribution < -0.4 is 4.72 Å². The molecule has 1 aromatic carbocycles. The average Bonchev–Trinajstić information content (AvgIpc) is 2.46. The summed E-state index contributed by atoms with van der Waals surface area (Å²) in [4.78, 5) is 2.56. The maximum atomic E-state index is 12.1. The molecule has 0 spiro atoms. The Labute approximate surface area is 132 Å². The van der Waals surface area contributed by atoms with Gasteiger partial charge in [0.15, 0.2) is 0 Å². The van der Waals surface area contributed by atoms with Gasteiger partial charge in [0.1, 0.15) is 4.90 Å². The summed E-state index contributed by atoms with van der Waals surface area (Å²) in [6, 6.07) is 6.51. The number of hydrogen-bond acceptors (Lipinski definition) is 3. The van der Waals surface area contributed by atoms with E-state index in [9.17, 15) is 8.42 Å². The van der Waals surface area contributed by atoms with Crippen LogP contribution in [0, 0.1) is 5.92 Å². The molecular weight excluding hydrogens is 308 g/mol. The molecule has 0 radical (unpaired) electrons. The molecule has 1 saturated heterocycles. The van der Waals surface area contributed by atoms with Gasteiger partial charge in [0.05, 0.1) is 5.02 Å². The number of nitrogens with zero attached hydrogens (tertiary/aromatic N) is 1. The standard InChI is InChI=1S/C15H23ClN2O2S/c1-13-7-11-18(12-8-13)10-4-9-17-21(19,20)15-6-3-2-5-14(15)16/h2-3,5-6,13,17H,4,7-12H2,1H3. The van der Waals surface area contributed by atoms with E-state index >= 15 is 0 Å². The Morgan fingerprint density at radius 1 is 1.29 bits per heavy atom. The van der Waals surface area contributed by atoms with Crippen molar-refractivity contribution in [3.05, 3.63) is 29.3 Å². The Morgan fingerprint density at radius 3 is 2.62 bits per heavy atom. The van der Waals surface area contributed by atoms with Crippen molar-refractivity contribution in [3.63, 3.8) is 0 Å². The monoisotopic (exact) mass is 330 g/mol. The molecule has 1 aliphatic heterocycles. The van der Waals surface area contributed by atoms with Crippen LogP contribution in [-0.4, -0.2) is 39.5 Å². The van der Waals surface area contributed by atoms with Crippen LogP contribution >= 0.6 is 11.6 Å². The van der Waals surface area contributed by atoms with E-state index in [2.05, 4.69) is 16.5 Å². The van der Waals surface area contributed by atoms with Crippen LogP contribution in [0.1, 0.15) is 26.2 Å². The second-order valence-electron chi connectivity index (χ2n) is 5.71. The number of halogens is 1. The quantitative estimate of drug-likeness (QED) is 0.816. The van der Waals surface area contributed by atoms with Crippen molar-refractivity contribution in [1.29, 1.82) is 0 Å². The molecule has 0 unspecified atom stereocenters. The molecule has 1 aliphatic rings. The van der Waals surface area contributed by atoms with Gasteiger partial charge in [-0.3, -0.25) is 0 Å².